The third kappa shape index (κ3) is 4.77. The van der Waals surface area contributed by atoms with Crippen molar-refractivity contribution < 1.29 is 4.79 Å². The summed E-state index contributed by atoms with van der Waals surface area (Å²) in [6.45, 7) is 2.42. The number of hydrogen-bond acceptors (Lipinski definition) is 4. The molecule has 5 heteroatoms. The number of hydrogen-bond donors (Lipinski definition) is 2. The van der Waals surface area contributed by atoms with Crippen LogP contribution in [0.2, 0.25) is 0 Å². The normalized spacial score (nSPS) is 20.2. The summed E-state index contributed by atoms with van der Waals surface area (Å²) < 4.78 is 0. The van der Waals surface area contributed by atoms with Crippen LogP contribution in [0, 0.1) is 11.3 Å². The molecule has 84 valence electrons. The maximum absolute atomic E-state index is 11.3. The molecule has 0 radical (unpaired) electrons. The Balaban J connectivity index is 2.14. The molecule has 5 nitrogen and oxygen atoms in total. The molecule has 0 aliphatic carbocycles. The van der Waals surface area contributed by atoms with Crippen molar-refractivity contribution in [2.75, 3.05) is 33.2 Å². The second-order valence-electron chi connectivity index (χ2n) is 3.92. The third-order valence-electron chi connectivity index (χ3n) is 2.47. The lowest BCUT2D eigenvalue weighted by molar-refractivity contribution is -0.121. The summed E-state index contributed by atoms with van der Waals surface area (Å²) in [5, 5.41) is 14.2. The number of amides is 1. The molecule has 1 rings (SSSR count). The first-order valence-corrected chi connectivity index (χ1v) is 5.28. The van der Waals surface area contributed by atoms with Gasteiger partial charge in [0.2, 0.25) is 5.91 Å². The number of carbonyl (C=O) groups is 1. The smallest absolute Gasteiger partial charge is 0.234 e. The van der Waals surface area contributed by atoms with Gasteiger partial charge in [0.1, 0.15) is 6.54 Å². The van der Waals surface area contributed by atoms with E-state index in [0.29, 0.717) is 12.6 Å². The van der Waals surface area contributed by atoms with Gasteiger partial charge in [0.15, 0.2) is 0 Å². The average molecular weight is 210 g/mol. The van der Waals surface area contributed by atoms with Crippen molar-refractivity contribution in [3.63, 3.8) is 0 Å². The van der Waals surface area contributed by atoms with E-state index in [1.807, 2.05) is 18.0 Å². The lowest BCUT2D eigenvalue weighted by Crippen LogP contribution is -2.41. The van der Waals surface area contributed by atoms with E-state index in [1.54, 1.807) is 0 Å². The van der Waals surface area contributed by atoms with Crippen LogP contribution in [0.25, 0.3) is 0 Å². The van der Waals surface area contributed by atoms with Gasteiger partial charge < -0.3 is 10.6 Å². The van der Waals surface area contributed by atoms with Crippen LogP contribution in [0.5, 0.6) is 0 Å². The molecule has 0 bridgehead atoms. The Morgan fingerprint density at radius 2 is 2.53 bits per heavy atom. The van der Waals surface area contributed by atoms with E-state index in [4.69, 9.17) is 5.26 Å². The molecule has 0 aromatic carbocycles. The van der Waals surface area contributed by atoms with Crippen molar-refractivity contribution in [2.45, 2.75) is 18.9 Å². The van der Waals surface area contributed by atoms with E-state index in [9.17, 15) is 4.79 Å². The highest BCUT2D eigenvalue weighted by atomic mass is 16.2. The Morgan fingerprint density at radius 1 is 1.73 bits per heavy atom. The predicted molar refractivity (Wildman–Crippen MR) is 57.1 cm³/mol. The van der Waals surface area contributed by atoms with Crippen LogP contribution in [-0.4, -0.2) is 50.1 Å². The van der Waals surface area contributed by atoms with Gasteiger partial charge in [-0.25, -0.2) is 0 Å². The highest BCUT2D eigenvalue weighted by Crippen LogP contribution is 2.05. The minimum atomic E-state index is -0.0861. The Bertz CT molecular complexity index is 242. The summed E-state index contributed by atoms with van der Waals surface area (Å²) in [6.07, 6.45) is 2.41. The Kier molecular flexibility index (Phi) is 5.08. The molecule has 0 aromatic heterocycles. The molecule has 1 unspecified atom stereocenters. The van der Waals surface area contributed by atoms with E-state index in [1.165, 1.54) is 12.8 Å². The van der Waals surface area contributed by atoms with Gasteiger partial charge in [0.05, 0.1) is 12.6 Å². The summed E-state index contributed by atoms with van der Waals surface area (Å²) in [6, 6.07) is 2.39. The zero-order valence-corrected chi connectivity index (χ0v) is 9.12. The summed E-state index contributed by atoms with van der Waals surface area (Å²) >= 11 is 0. The maximum Gasteiger partial charge on any atom is 0.234 e. The largest absolute Gasteiger partial charge is 0.342 e. The lowest BCUT2D eigenvalue weighted by atomic mass is 10.2. The monoisotopic (exact) mass is 210 g/mol. The quantitative estimate of drug-likeness (QED) is 0.589. The fraction of sp³-hybridized carbons (Fsp3) is 0.800. The van der Waals surface area contributed by atoms with Crippen LogP contribution in [0.3, 0.4) is 0 Å². The molecule has 2 N–H and O–H groups in total. The molecule has 1 heterocycles. The predicted octanol–water partition coefficient (Wildman–Crippen LogP) is -0.690. The van der Waals surface area contributed by atoms with Crippen molar-refractivity contribution >= 4 is 5.91 Å². The molecule has 1 aliphatic rings. The van der Waals surface area contributed by atoms with Crippen LogP contribution in [0.4, 0.5) is 0 Å². The first kappa shape index (κ1) is 12.0. The van der Waals surface area contributed by atoms with Crippen molar-refractivity contribution in [3.05, 3.63) is 0 Å². The summed E-state index contributed by atoms with van der Waals surface area (Å²) in [7, 11) is 1.92. The van der Waals surface area contributed by atoms with Gasteiger partial charge in [-0.05, 0) is 26.4 Å². The number of nitrogens with one attached hydrogen (secondary N) is 2. The summed E-state index contributed by atoms with van der Waals surface area (Å²) in [5.41, 5.74) is 0. The Hall–Kier alpha value is -1.12. The lowest BCUT2D eigenvalue weighted by Gasteiger charge is -2.20. The second kappa shape index (κ2) is 6.38. The van der Waals surface area contributed by atoms with Crippen LogP contribution in [-0.2, 0) is 4.79 Å². The van der Waals surface area contributed by atoms with Gasteiger partial charge in [0.25, 0.3) is 0 Å². The Labute approximate surface area is 90.4 Å². The van der Waals surface area contributed by atoms with Gasteiger partial charge in [-0.1, -0.05) is 0 Å². The van der Waals surface area contributed by atoms with Gasteiger partial charge in [-0.3, -0.25) is 9.69 Å². The van der Waals surface area contributed by atoms with Crippen LogP contribution in [0.15, 0.2) is 0 Å². The minimum Gasteiger partial charge on any atom is -0.342 e. The molecular formula is C10H18N4O. The van der Waals surface area contributed by atoms with Gasteiger partial charge >= 0.3 is 0 Å². The number of nitriles is 1. The van der Waals surface area contributed by atoms with Gasteiger partial charge in [0, 0.05) is 12.6 Å². The zero-order valence-electron chi connectivity index (χ0n) is 9.12. The minimum absolute atomic E-state index is 0.0861. The van der Waals surface area contributed by atoms with Crippen LogP contribution >= 0.6 is 0 Å². The Morgan fingerprint density at radius 3 is 3.13 bits per heavy atom. The molecule has 0 aromatic rings. The highest BCUT2D eigenvalue weighted by molar-refractivity contribution is 5.78. The van der Waals surface area contributed by atoms with E-state index in [0.717, 1.165) is 13.1 Å². The molecule has 1 amide bonds. The molecule has 1 aliphatic heterocycles. The van der Waals surface area contributed by atoms with Gasteiger partial charge in [-0.15, -0.1) is 0 Å². The first-order valence-electron chi connectivity index (χ1n) is 5.28. The van der Waals surface area contributed by atoms with Crippen molar-refractivity contribution in [1.82, 2.24) is 15.5 Å². The third-order valence-corrected chi connectivity index (χ3v) is 2.47. The maximum atomic E-state index is 11.3. The molecule has 0 saturated carbocycles. The van der Waals surface area contributed by atoms with Crippen LogP contribution < -0.4 is 10.6 Å². The number of carbonyl (C=O) groups excluding carboxylic acids is 1. The molecule has 1 saturated heterocycles. The highest BCUT2D eigenvalue weighted by Gasteiger charge is 2.16. The number of likely N-dealkylation sites (N-methyl/N-ethyl adjacent to an activating group) is 1. The topological polar surface area (TPSA) is 68.2 Å². The van der Waals surface area contributed by atoms with Crippen molar-refractivity contribution in [2.24, 2.45) is 0 Å². The average Bonchev–Trinajstić information content (AvgIpc) is 2.67. The van der Waals surface area contributed by atoms with Gasteiger partial charge in [-0.2, -0.15) is 5.26 Å². The fourth-order valence-corrected chi connectivity index (χ4v) is 1.79. The standard InChI is InChI=1S/C10H18N4O/c1-14(7-9-3-2-5-12-9)8-10(15)13-6-4-11/h9,12H,2-3,5-8H2,1H3,(H,13,15). The summed E-state index contributed by atoms with van der Waals surface area (Å²) in [5.74, 6) is -0.0861. The zero-order chi connectivity index (χ0) is 11.1. The van der Waals surface area contributed by atoms with Crippen LogP contribution in [0.1, 0.15) is 12.8 Å². The van der Waals surface area contributed by atoms with E-state index in [2.05, 4.69) is 10.6 Å². The first-order chi connectivity index (χ1) is 7.22. The molecule has 15 heavy (non-hydrogen) atoms. The number of rotatable bonds is 5. The van der Waals surface area contributed by atoms with E-state index >= 15 is 0 Å². The summed E-state index contributed by atoms with van der Waals surface area (Å²) in [4.78, 5) is 13.2. The van der Waals surface area contributed by atoms with Crippen molar-refractivity contribution in [3.8, 4) is 6.07 Å². The molecule has 1 atom stereocenters. The molecular weight excluding hydrogens is 192 g/mol. The van der Waals surface area contributed by atoms with Crippen molar-refractivity contribution in [1.29, 1.82) is 5.26 Å². The second-order valence-corrected chi connectivity index (χ2v) is 3.92. The number of nitrogens with zero attached hydrogens (tertiary/aromatic N) is 2. The van der Waals surface area contributed by atoms with E-state index < -0.39 is 0 Å². The fourth-order valence-electron chi connectivity index (χ4n) is 1.79. The molecule has 0 spiro atoms. The van der Waals surface area contributed by atoms with E-state index in [-0.39, 0.29) is 12.5 Å². The SMILES string of the molecule is CN(CC(=O)NCC#N)CC1CCCN1. The molecule has 1 fully saturated rings.